The minimum Gasteiger partial charge on any atom is -0.477 e. The van der Waals surface area contributed by atoms with Gasteiger partial charge in [-0.1, -0.05) is 0 Å². The summed E-state index contributed by atoms with van der Waals surface area (Å²) in [5.74, 6) is -8.60. The van der Waals surface area contributed by atoms with Gasteiger partial charge in [0.05, 0.1) is 18.2 Å². The Kier molecular flexibility index (Phi) is 6.37. The molecule has 1 amide bonds. The number of ether oxygens (including phenoxy) is 2. The lowest BCUT2D eigenvalue weighted by Crippen LogP contribution is -2.25. The van der Waals surface area contributed by atoms with E-state index in [9.17, 15) is 27.6 Å². The van der Waals surface area contributed by atoms with Gasteiger partial charge in [-0.25, -0.2) is 8.78 Å². The fraction of sp³-hybridized carbons (Fsp3) is 0.455. The van der Waals surface area contributed by atoms with Crippen molar-refractivity contribution in [2.45, 2.75) is 51.2 Å². The number of hydrogen-bond acceptors (Lipinski definition) is 4. The lowest BCUT2D eigenvalue weighted by atomic mass is 9.95. The molecule has 1 atom stereocenters. The molecule has 10 heteroatoms. The summed E-state index contributed by atoms with van der Waals surface area (Å²) in [6.45, 7) is 0.201. The van der Waals surface area contributed by atoms with Crippen LogP contribution in [0.4, 0.5) is 23.4 Å². The van der Waals surface area contributed by atoms with E-state index in [1.807, 2.05) is 4.57 Å². The first-order valence-electron chi connectivity index (χ1n) is 10.4. The number of carbonyl (C=O) groups excluding carboxylic acids is 1. The number of benzene rings is 1. The molecule has 1 fully saturated rings. The lowest BCUT2D eigenvalue weighted by Gasteiger charge is -2.20. The van der Waals surface area contributed by atoms with Crippen molar-refractivity contribution in [3.05, 3.63) is 46.2 Å². The molecule has 6 nitrogen and oxygen atoms in total. The number of rotatable bonds is 6. The fourth-order valence-electron chi connectivity index (χ4n) is 4.30. The molecule has 1 unspecified atom stereocenters. The van der Waals surface area contributed by atoms with Crippen LogP contribution in [-0.4, -0.2) is 29.8 Å². The van der Waals surface area contributed by atoms with E-state index in [1.54, 1.807) is 0 Å². The van der Waals surface area contributed by atoms with E-state index < -0.39 is 41.5 Å². The van der Waals surface area contributed by atoms with Gasteiger partial charge >= 0.3 is 0 Å². The molecule has 1 aromatic heterocycles. The molecule has 2 aromatic rings. The number of fused-ring (bicyclic) bond motifs is 1. The highest BCUT2D eigenvalue weighted by Crippen LogP contribution is 2.34. The van der Waals surface area contributed by atoms with Crippen molar-refractivity contribution in [1.29, 1.82) is 5.26 Å². The third-order valence-corrected chi connectivity index (χ3v) is 5.77. The molecule has 1 N–H and O–H groups in total. The minimum absolute atomic E-state index is 0.0506. The number of anilines is 1. The van der Waals surface area contributed by atoms with Crippen LogP contribution in [0.15, 0.2) is 6.07 Å². The van der Waals surface area contributed by atoms with E-state index in [2.05, 4.69) is 11.4 Å². The van der Waals surface area contributed by atoms with E-state index >= 15 is 0 Å². The number of nitrogens with zero attached hydrogens (tertiary/aromatic N) is 2. The topological polar surface area (TPSA) is 76.3 Å². The molecular formula is C22H21F4N3O3. The number of hydrogen-bond donors (Lipinski definition) is 1. The maximum atomic E-state index is 13.8. The Bertz CT molecular complexity index is 1060. The number of nitriles is 1. The summed E-state index contributed by atoms with van der Waals surface area (Å²) in [6.07, 6.45) is 5.06. The zero-order valence-electron chi connectivity index (χ0n) is 17.1. The van der Waals surface area contributed by atoms with Gasteiger partial charge in [-0.05, 0) is 44.1 Å². The van der Waals surface area contributed by atoms with Crippen LogP contribution < -0.4 is 10.1 Å². The Labute approximate surface area is 181 Å². The maximum Gasteiger partial charge on any atom is 0.263 e. The zero-order chi connectivity index (χ0) is 22.8. The van der Waals surface area contributed by atoms with Crippen molar-refractivity contribution >= 4 is 11.7 Å². The van der Waals surface area contributed by atoms with Gasteiger partial charge in [-0.2, -0.15) is 14.0 Å². The van der Waals surface area contributed by atoms with Gasteiger partial charge < -0.3 is 19.4 Å². The van der Waals surface area contributed by atoms with Crippen LogP contribution in [0.5, 0.6) is 5.75 Å². The Morgan fingerprint density at radius 2 is 1.91 bits per heavy atom. The van der Waals surface area contributed by atoms with E-state index in [0.717, 1.165) is 43.4 Å². The Morgan fingerprint density at radius 3 is 2.56 bits per heavy atom. The van der Waals surface area contributed by atoms with Crippen LogP contribution in [0, 0.1) is 34.6 Å². The monoisotopic (exact) mass is 451 g/mol. The average Bonchev–Trinajstić information content (AvgIpc) is 3.39. The summed E-state index contributed by atoms with van der Waals surface area (Å²) in [7, 11) is 0. The molecule has 1 aliphatic carbocycles. The molecular weight excluding hydrogens is 430 g/mol. The fourth-order valence-corrected chi connectivity index (χ4v) is 4.30. The standard InChI is InChI=1S/C22H21F4N3O3/c23-15-8-16(24)20(26)21(19(15)25)32-11-18(30)28-22-14(9-27)13-5-1-2-6-17(13)29(22)10-12-4-3-7-31-12/h8,12H,1-7,10-11H2,(H,28,30). The van der Waals surface area contributed by atoms with Crippen molar-refractivity contribution in [2.75, 3.05) is 18.5 Å². The minimum atomic E-state index is -1.73. The molecule has 32 heavy (non-hydrogen) atoms. The lowest BCUT2D eigenvalue weighted by molar-refractivity contribution is -0.118. The van der Waals surface area contributed by atoms with E-state index in [-0.39, 0.29) is 18.0 Å². The summed E-state index contributed by atoms with van der Waals surface area (Å²) in [4.78, 5) is 12.5. The normalized spacial score (nSPS) is 17.7. The van der Waals surface area contributed by atoms with E-state index in [0.29, 0.717) is 25.1 Å². The van der Waals surface area contributed by atoms with Crippen molar-refractivity contribution in [3.63, 3.8) is 0 Å². The van der Waals surface area contributed by atoms with Crippen molar-refractivity contribution in [3.8, 4) is 11.8 Å². The second-order valence-corrected chi connectivity index (χ2v) is 7.85. The molecule has 0 spiro atoms. The molecule has 1 saturated heterocycles. The summed E-state index contributed by atoms with van der Waals surface area (Å²) >= 11 is 0. The predicted molar refractivity (Wildman–Crippen MR) is 105 cm³/mol. The quantitative estimate of drug-likeness (QED) is 0.532. The first-order valence-corrected chi connectivity index (χ1v) is 10.4. The highest BCUT2D eigenvalue weighted by atomic mass is 19.2. The third kappa shape index (κ3) is 4.17. The predicted octanol–water partition coefficient (Wildman–Crippen LogP) is 3.99. The third-order valence-electron chi connectivity index (χ3n) is 5.77. The Morgan fingerprint density at radius 1 is 1.19 bits per heavy atom. The Hall–Kier alpha value is -3.06. The zero-order valence-corrected chi connectivity index (χ0v) is 17.1. The number of aromatic nitrogens is 1. The van der Waals surface area contributed by atoms with Crippen LogP contribution in [0.25, 0.3) is 0 Å². The average molecular weight is 451 g/mol. The van der Waals surface area contributed by atoms with E-state index in [4.69, 9.17) is 9.47 Å². The largest absolute Gasteiger partial charge is 0.477 e. The maximum absolute atomic E-state index is 13.8. The number of carbonyl (C=O) groups is 1. The first-order chi connectivity index (χ1) is 15.4. The Balaban J connectivity index is 1.58. The van der Waals surface area contributed by atoms with Gasteiger partial charge in [0.1, 0.15) is 11.9 Å². The van der Waals surface area contributed by atoms with Crippen LogP contribution in [0.1, 0.15) is 42.5 Å². The van der Waals surface area contributed by atoms with Gasteiger partial charge in [0.15, 0.2) is 24.0 Å². The van der Waals surface area contributed by atoms with Crippen LogP contribution in [-0.2, 0) is 28.9 Å². The van der Waals surface area contributed by atoms with Crippen molar-refractivity contribution < 1.29 is 31.8 Å². The summed E-state index contributed by atoms with van der Waals surface area (Å²) < 4.78 is 66.6. The van der Waals surface area contributed by atoms with Gasteiger partial charge in [0.25, 0.3) is 5.91 Å². The van der Waals surface area contributed by atoms with E-state index in [1.165, 1.54) is 0 Å². The molecule has 2 aliphatic rings. The highest BCUT2D eigenvalue weighted by Gasteiger charge is 2.29. The van der Waals surface area contributed by atoms with Crippen molar-refractivity contribution in [2.24, 2.45) is 0 Å². The van der Waals surface area contributed by atoms with Crippen LogP contribution in [0.3, 0.4) is 0 Å². The second-order valence-electron chi connectivity index (χ2n) is 7.85. The number of halogens is 4. The van der Waals surface area contributed by atoms with Crippen LogP contribution >= 0.6 is 0 Å². The van der Waals surface area contributed by atoms with Gasteiger partial charge in [0.2, 0.25) is 11.6 Å². The van der Waals surface area contributed by atoms with Gasteiger partial charge in [-0.3, -0.25) is 4.79 Å². The van der Waals surface area contributed by atoms with Crippen molar-refractivity contribution in [1.82, 2.24) is 4.57 Å². The first kappa shape index (κ1) is 22.1. The molecule has 0 radical (unpaired) electrons. The summed E-state index contributed by atoms with van der Waals surface area (Å²) in [5.41, 5.74) is 2.17. The summed E-state index contributed by atoms with van der Waals surface area (Å²) in [5, 5.41) is 12.3. The molecule has 4 rings (SSSR count). The molecule has 1 aliphatic heterocycles. The number of amides is 1. The molecule has 1 aromatic carbocycles. The smallest absolute Gasteiger partial charge is 0.263 e. The summed E-state index contributed by atoms with van der Waals surface area (Å²) in [6, 6.07) is 2.20. The molecule has 170 valence electrons. The van der Waals surface area contributed by atoms with Gasteiger partial charge in [-0.15, -0.1) is 0 Å². The number of nitrogens with one attached hydrogen (secondary N) is 1. The highest BCUT2D eigenvalue weighted by molar-refractivity contribution is 5.93. The molecule has 0 bridgehead atoms. The van der Waals surface area contributed by atoms with Gasteiger partial charge in [0, 0.05) is 18.4 Å². The second kappa shape index (κ2) is 9.20. The van der Waals surface area contributed by atoms with Crippen LogP contribution in [0.2, 0.25) is 0 Å². The molecule has 0 saturated carbocycles. The SMILES string of the molecule is N#Cc1c2c(n(CC3CCCO3)c1NC(=O)COc1c(F)c(F)cc(F)c1F)CCCC2. The molecule has 2 heterocycles.